The van der Waals surface area contributed by atoms with Gasteiger partial charge >= 0.3 is 5.97 Å². The summed E-state index contributed by atoms with van der Waals surface area (Å²) in [7, 11) is 1.78. The van der Waals surface area contributed by atoms with Crippen molar-refractivity contribution in [3.05, 3.63) is 40.4 Å². The molecule has 0 unspecified atom stereocenters. The molecule has 1 aromatic carbocycles. The minimum atomic E-state index is -1.05. The fraction of sp³-hybridized carbons (Fsp3) is 0.476. The number of nitrogens with zero attached hydrogens (tertiary/aromatic N) is 3. The summed E-state index contributed by atoms with van der Waals surface area (Å²) in [5.74, 6) is -0.773. The lowest BCUT2D eigenvalue weighted by Crippen LogP contribution is -2.52. The lowest BCUT2D eigenvalue weighted by Gasteiger charge is -2.28. The van der Waals surface area contributed by atoms with E-state index < -0.39 is 23.5 Å². The molecule has 0 radical (unpaired) electrons. The van der Waals surface area contributed by atoms with Crippen LogP contribution in [0.5, 0.6) is 0 Å². The molecule has 0 aliphatic heterocycles. The molecule has 8 heteroatoms. The van der Waals surface area contributed by atoms with Gasteiger partial charge in [0.2, 0.25) is 0 Å². The Morgan fingerprint density at radius 2 is 1.97 bits per heavy atom. The molecule has 0 bridgehead atoms. The Kier molecular flexibility index (Phi) is 6.75. The molecule has 154 valence electrons. The maximum atomic E-state index is 12.3. The lowest BCUT2D eigenvalue weighted by atomic mass is 9.90. The van der Waals surface area contributed by atoms with Gasteiger partial charge < -0.3 is 14.6 Å². The molecule has 0 spiro atoms. The molecule has 0 aliphatic rings. The van der Waals surface area contributed by atoms with Crippen LogP contribution in [0.4, 0.5) is 0 Å². The van der Waals surface area contributed by atoms with Crippen LogP contribution in [0.15, 0.2) is 29.1 Å². The topological polar surface area (TPSA) is 114 Å². The van der Waals surface area contributed by atoms with Gasteiger partial charge in [-0.3, -0.25) is 14.4 Å². The molecule has 1 heterocycles. The van der Waals surface area contributed by atoms with Gasteiger partial charge in [0.05, 0.1) is 23.4 Å². The number of aromatic nitrogens is 2. The van der Waals surface area contributed by atoms with Crippen LogP contribution in [-0.2, 0) is 27.8 Å². The second kappa shape index (κ2) is 8.86. The van der Waals surface area contributed by atoms with Gasteiger partial charge in [0.25, 0.3) is 11.5 Å². The number of hydrogen-bond donors (Lipinski definition) is 1. The molecule has 0 saturated carbocycles. The zero-order chi connectivity index (χ0) is 21.8. The second-order valence-electron chi connectivity index (χ2n) is 7.50. The number of carbonyl (C=O) groups excluding carboxylic acids is 2. The summed E-state index contributed by atoms with van der Waals surface area (Å²) in [5, 5.41) is 12.4. The van der Waals surface area contributed by atoms with Crippen molar-refractivity contribution in [1.82, 2.24) is 14.9 Å². The van der Waals surface area contributed by atoms with Gasteiger partial charge in [-0.15, -0.1) is 0 Å². The van der Waals surface area contributed by atoms with Crippen LogP contribution in [0.2, 0.25) is 0 Å². The predicted molar refractivity (Wildman–Crippen MR) is 108 cm³/mol. The number of amides is 1. The fourth-order valence-electron chi connectivity index (χ4n) is 2.74. The number of carbonyl (C=O) groups is 2. The normalized spacial score (nSPS) is 14.1. The maximum absolute atomic E-state index is 12.3. The Balaban J connectivity index is 2.01. The standard InChI is InChI=1S/C21H26N4O4/c1-13(2)21(4,12-22)24-19(27)14(3)29-18(26)11-10-17-23-20(28)15-8-6-7-9-16(15)25(17)5/h6-9,13-14H,10-11H2,1-5H3,(H,24,27)/t14-,21+/m1/s1. The van der Waals surface area contributed by atoms with E-state index in [4.69, 9.17) is 4.74 Å². The number of benzene rings is 1. The highest BCUT2D eigenvalue weighted by atomic mass is 16.5. The van der Waals surface area contributed by atoms with Crippen molar-refractivity contribution in [2.24, 2.45) is 13.0 Å². The third-order valence-corrected chi connectivity index (χ3v) is 5.11. The first-order chi connectivity index (χ1) is 13.6. The molecule has 2 atom stereocenters. The number of rotatable bonds is 7. The van der Waals surface area contributed by atoms with E-state index in [0.717, 1.165) is 5.52 Å². The molecular formula is C21H26N4O4. The molecule has 2 aromatic rings. The average Bonchev–Trinajstić information content (AvgIpc) is 2.69. The Morgan fingerprint density at radius 3 is 2.59 bits per heavy atom. The first-order valence-electron chi connectivity index (χ1n) is 9.46. The van der Waals surface area contributed by atoms with E-state index in [0.29, 0.717) is 11.2 Å². The molecular weight excluding hydrogens is 372 g/mol. The van der Waals surface area contributed by atoms with Gasteiger partial charge in [0.1, 0.15) is 11.4 Å². The summed E-state index contributed by atoms with van der Waals surface area (Å²) >= 11 is 0. The monoisotopic (exact) mass is 398 g/mol. The minimum Gasteiger partial charge on any atom is -0.453 e. The summed E-state index contributed by atoms with van der Waals surface area (Å²) in [6.07, 6.45) is -0.871. The Bertz CT molecular complexity index is 1020. The van der Waals surface area contributed by atoms with E-state index in [9.17, 15) is 19.6 Å². The fourth-order valence-corrected chi connectivity index (χ4v) is 2.74. The molecule has 8 nitrogen and oxygen atoms in total. The van der Waals surface area contributed by atoms with E-state index in [1.54, 1.807) is 30.7 Å². The molecule has 0 fully saturated rings. The lowest BCUT2D eigenvalue weighted by molar-refractivity contribution is -0.155. The average molecular weight is 398 g/mol. The van der Waals surface area contributed by atoms with Gasteiger partial charge in [-0.1, -0.05) is 26.0 Å². The van der Waals surface area contributed by atoms with Crippen molar-refractivity contribution in [2.75, 3.05) is 0 Å². The minimum absolute atomic E-state index is 0.0318. The molecule has 29 heavy (non-hydrogen) atoms. The summed E-state index contributed by atoms with van der Waals surface area (Å²) in [4.78, 5) is 40.7. The van der Waals surface area contributed by atoms with Gasteiger partial charge in [-0.2, -0.15) is 10.2 Å². The number of esters is 1. The Labute approximate surface area is 169 Å². The van der Waals surface area contributed by atoms with Crippen LogP contribution in [-0.4, -0.2) is 33.1 Å². The van der Waals surface area contributed by atoms with E-state index in [1.807, 2.05) is 26.0 Å². The summed E-state index contributed by atoms with van der Waals surface area (Å²) < 4.78 is 6.95. The smallest absolute Gasteiger partial charge is 0.307 e. The third kappa shape index (κ3) is 4.99. The summed E-state index contributed by atoms with van der Waals surface area (Å²) in [6, 6.07) is 9.19. The van der Waals surface area contributed by atoms with Crippen molar-refractivity contribution < 1.29 is 14.3 Å². The quantitative estimate of drug-likeness (QED) is 0.712. The van der Waals surface area contributed by atoms with E-state index in [1.165, 1.54) is 6.92 Å². The Hall–Kier alpha value is -3.21. The SMILES string of the molecule is CC(C)[C@](C)(C#N)NC(=O)[C@@H](C)OC(=O)CCc1nc(=O)c2ccccc2n1C. The van der Waals surface area contributed by atoms with Crippen LogP contribution in [0.25, 0.3) is 10.9 Å². The maximum Gasteiger partial charge on any atom is 0.307 e. The van der Waals surface area contributed by atoms with Crippen molar-refractivity contribution in [1.29, 1.82) is 5.26 Å². The molecule has 1 aromatic heterocycles. The summed E-state index contributed by atoms with van der Waals surface area (Å²) in [5.41, 5.74) is -0.669. The highest BCUT2D eigenvalue weighted by Gasteiger charge is 2.32. The number of aryl methyl sites for hydroxylation is 2. The Morgan fingerprint density at radius 1 is 1.31 bits per heavy atom. The van der Waals surface area contributed by atoms with Crippen molar-refractivity contribution in [2.45, 2.75) is 52.2 Å². The van der Waals surface area contributed by atoms with E-state index in [2.05, 4.69) is 16.4 Å². The highest BCUT2D eigenvalue weighted by Crippen LogP contribution is 2.16. The summed E-state index contributed by atoms with van der Waals surface area (Å²) in [6.45, 7) is 6.72. The zero-order valence-electron chi connectivity index (χ0n) is 17.4. The molecule has 1 N–H and O–H groups in total. The molecule has 0 saturated heterocycles. The molecule has 1 amide bonds. The zero-order valence-corrected chi connectivity index (χ0v) is 17.4. The first kappa shape index (κ1) is 22.1. The molecule has 0 aliphatic carbocycles. The first-order valence-corrected chi connectivity index (χ1v) is 9.46. The van der Waals surface area contributed by atoms with Crippen molar-refractivity contribution >= 4 is 22.8 Å². The number of nitrogens with one attached hydrogen (secondary N) is 1. The number of hydrogen-bond acceptors (Lipinski definition) is 6. The van der Waals surface area contributed by atoms with E-state index in [-0.39, 0.29) is 24.3 Å². The van der Waals surface area contributed by atoms with Crippen LogP contribution in [0.1, 0.15) is 39.9 Å². The number of nitriles is 1. The number of fused-ring (bicyclic) bond motifs is 1. The van der Waals surface area contributed by atoms with Gasteiger partial charge in [0.15, 0.2) is 6.10 Å². The largest absolute Gasteiger partial charge is 0.453 e. The van der Waals surface area contributed by atoms with Crippen LogP contribution in [0, 0.1) is 17.2 Å². The van der Waals surface area contributed by atoms with Crippen LogP contribution in [0.3, 0.4) is 0 Å². The van der Waals surface area contributed by atoms with Gasteiger partial charge in [-0.05, 0) is 31.9 Å². The molecule has 2 rings (SSSR count). The third-order valence-electron chi connectivity index (χ3n) is 5.11. The van der Waals surface area contributed by atoms with Crippen LogP contribution >= 0.6 is 0 Å². The number of para-hydroxylation sites is 1. The predicted octanol–water partition coefficient (Wildman–Crippen LogP) is 1.85. The second-order valence-corrected chi connectivity index (χ2v) is 7.50. The van der Waals surface area contributed by atoms with Crippen molar-refractivity contribution in [3.63, 3.8) is 0 Å². The van der Waals surface area contributed by atoms with E-state index >= 15 is 0 Å². The number of ether oxygens (including phenoxy) is 1. The van der Waals surface area contributed by atoms with Gasteiger partial charge in [-0.25, -0.2) is 0 Å². The van der Waals surface area contributed by atoms with Gasteiger partial charge in [0, 0.05) is 13.5 Å². The van der Waals surface area contributed by atoms with Crippen LogP contribution < -0.4 is 10.9 Å². The highest BCUT2D eigenvalue weighted by molar-refractivity contribution is 5.84. The van der Waals surface area contributed by atoms with Crippen molar-refractivity contribution in [3.8, 4) is 6.07 Å².